The topological polar surface area (TPSA) is 83.5 Å². The van der Waals surface area contributed by atoms with E-state index in [0.29, 0.717) is 0 Å². The van der Waals surface area contributed by atoms with Crippen LogP contribution in [0.4, 0.5) is 17.6 Å². The fourth-order valence-electron chi connectivity index (χ4n) is 1.21. The summed E-state index contributed by atoms with van der Waals surface area (Å²) < 4.78 is 72.6. The summed E-state index contributed by atoms with van der Waals surface area (Å²) in [6.45, 7) is -1.45. The first-order valence-electron chi connectivity index (χ1n) is 5.00. The molecule has 20 heavy (non-hydrogen) atoms. The van der Waals surface area contributed by atoms with Gasteiger partial charge in [-0.3, -0.25) is 0 Å². The minimum atomic E-state index is -5.16. The molecule has 1 heterocycles. The SMILES string of the molecule is O=C(O)c1sccc1CS(=O)(=O)NCC(F)C(F)(F)F. The van der Waals surface area contributed by atoms with Gasteiger partial charge in [0.05, 0.1) is 12.3 Å². The lowest BCUT2D eigenvalue weighted by atomic mass is 10.3. The number of alkyl halides is 4. The number of halogens is 4. The van der Waals surface area contributed by atoms with Crippen molar-refractivity contribution in [3.8, 4) is 0 Å². The van der Waals surface area contributed by atoms with E-state index >= 15 is 0 Å². The van der Waals surface area contributed by atoms with Crippen LogP contribution in [0.15, 0.2) is 11.4 Å². The van der Waals surface area contributed by atoms with Crippen molar-refractivity contribution in [1.82, 2.24) is 4.72 Å². The van der Waals surface area contributed by atoms with Crippen molar-refractivity contribution in [2.75, 3.05) is 6.54 Å². The van der Waals surface area contributed by atoms with Crippen LogP contribution in [0, 0.1) is 0 Å². The van der Waals surface area contributed by atoms with Crippen LogP contribution in [0.25, 0.3) is 0 Å². The molecule has 1 aromatic rings. The standard InChI is InChI=1S/C9H9F4NO4S2/c10-6(9(11,12)13)3-14-20(17,18)4-5-1-2-19-7(5)8(15)16/h1-2,6,14H,3-4H2,(H,15,16). The van der Waals surface area contributed by atoms with Gasteiger partial charge in [-0.2, -0.15) is 13.2 Å². The van der Waals surface area contributed by atoms with Gasteiger partial charge in [-0.1, -0.05) is 0 Å². The number of carboxylic acids is 1. The molecule has 2 N–H and O–H groups in total. The molecule has 114 valence electrons. The number of sulfonamides is 1. The van der Waals surface area contributed by atoms with E-state index < -0.39 is 40.6 Å². The summed E-state index contributed by atoms with van der Waals surface area (Å²) in [7, 11) is -4.26. The Kier molecular flexibility index (Phi) is 5.10. The summed E-state index contributed by atoms with van der Waals surface area (Å²) in [5.74, 6) is -2.17. The number of thiophene rings is 1. The Morgan fingerprint density at radius 2 is 2.05 bits per heavy atom. The molecule has 1 unspecified atom stereocenters. The van der Waals surface area contributed by atoms with Crippen LogP contribution in [0.1, 0.15) is 15.2 Å². The van der Waals surface area contributed by atoms with Gasteiger partial charge in [-0.05, 0) is 17.0 Å². The lowest BCUT2D eigenvalue weighted by Gasteiger charge is -2.13. The predicted molar refractivity (Wildman–Crippen MR) is 62.9 cm³/mol. The highest BCUT2D eigenvalue weighted by Crippen LogP contribution is 2.23. The van der Waals surface area contributed by atoms with Gasteiger partial charge in [0.15, 0.2) is 0 Å². The minimum Gasteiger partial charge on any atom is -0.477 e. The monoisotopic (exact) mass is 335 g/mol. The molecule has 0 aliphatic heterocycles. The molecule has 5 nitrogen and oxygen atoms in total. The first-order valence-corrected chi connectivity index (χ1v) is 7.54. The lowest BCUT2D eigenvalue weighted by molar-refractivity contribution is -0.177. The summed E-state index contributed by atoms with van der Waals surface area (Å²) >= 11 is 0.781. The quantitative estimate of drug-likeness (QED) is 0.776. The Labute approximate surface area is 115 Å². The Bertz CT molecular complexity index is 581. The van der Waals surface area contributed by atoms with Crippen molar-refractivity contribution in [1.29, 1.82) is 0 Å². The molecular formula is C9H9F4NO4S2. The van der Waals surface area contributed by atoms with Gasteiger partial charge in [0.25, 0.3) is 0 Å². The normalized spacial score (nSPS) is 14.2. The molecule has 0 spiro atoms. The lowest BCUT2D eigenvalue weighted by Crippen LogP contribution is -2.38. The van der Waals surface area contributed by atoms with Crippen molar-refractivity contribution in [3.63, 3.8) is 0 Å². The highest BCUT2D eigenvalue weighted by Gasteiger charge is 2.40. The van der Waals surface area contributed by atoms with E-state index in [1.165, 1.54) is 16.2 Å². The maximum Gasteiger partial charge on any atom is 0.420 e. The predicted octanol–water partition coefficient (Wildman–Crippen LogP) is 1.77. The molecule has 1 aromatic heterocycles. The van der Waals surface area contributed by atoms with Gasteiger partial charge in [-0.15, -0.1) is 11.3 Å². The highest BCUT2D eigenvalue weighted by atomic mass is 32.2. The second kappa shape index (κ2) is 6.06. The molecular weight excluding hydrogens is 326 g/mol. The van der Waals surface area contributed by atoms with Gasteiger partial charge in [0.1, 0.15) is 4.88 Å². The van der Waals surface area contributed by atoms with Crippen LogP contribution in [0.2, 0.25) is 0 Å². The molecule has 11 heteroatoms. The Balaban J connectivity index is 2.71. The molecule has 0 radical (unpaired) electrons. The van der Waals surface area contributed by atoms with E-state index in [-0.39, 0.29) is 10.4 Å². The van der Waals surface area contributed by atoms with Crippen molar-refractivity contribution < 1.29 is 35.9 Å². The third-order valence-electron chi connectivity index (χ3n) is 2.12. The Morgan fingerprint density at radius 3 is 2.55 bits per heavy atom. The molecule has 0 aliphatic rings. The minimum absolute atomic E-state index is 0.0718. The maximum absolute atomic E-state index is 12.6. The number of carboxylic acid groups (broad SMARTS) is 1. The molecule has 0 saturated carbocycles. The Hall–Kier alpha value is -1.20. The van der Waals surface area contributed by atoms with Crippen molar-refractivity contribution in [3.05, 3.63) is 21.9 Å². The van der Waals surface area contributed by atoms with E-state index in [1.54, 1.807) is 0 Å². The molecule has 0 aliphatic carbocycles. The average molecular weight is 335 g/mol. The van der Waals surface area contributed by atoms with Crippen molar-refractivity contribution in [2.45, 2.75) is 18.1 Å². The molecule has 1 rings (SSSR count). The van der Waals surface area contributed by atoms with Gasteiger partial charge in [0.2, 0.25) is 16.2 Å². The van der Waals surface area contributed by atoms with Crippen LogP contribution in [0.5, 0.6) is 0 Å². The maximum atomic E-state index is 12.6. The van der Waals surface area contributed by atoms with Gasteiger partial charge in [-0.25, -0.2) is 22.3 Å². The van der Waals surface area contributed by atoms with Gasteiger partial charge in [0, 0.05) is 0 Å². The van der Waals surface area contributed by atoms with E-state index in [0.717, 1.165) is 11.3 Å². The number of hydrogen-bond acceptors (Lipinski definition) is 4. The summed E-state index contributed by atoms with van der Waals surface area (Å²) in [6.07, 6.45) is -8.48. The van der Waals surface area contributed by atoms with E-state index in [1.807, 2.05) is 0 Å². The largest absolute Gasteiger partial charge is 0.477 e. The zero-order chi connectivity index (χ0) is 15.6. The van der Waals surface area contributed by atoms with Crippen LogP contribution >= 0.6 is 11.3 Å². The summed E-state index contributed by atoms with van der Waals surface area (Å²) in [5, 5.41) is 10.1. The third-order valence-corrected chi connectivity index (χ3v) is 4.37. The van der Waals surface area contributed by atoms with Crippen LogP contribution in [-0.4, -0.2) is 38.4 Å². The number of rotatable bonds is 6. The fraction of sp³-hybridized carbons (Fsp3) is 0.444. The molecule has 0 amide bonds. The number of aromatic carboxylic acids is 1. The summed E-state index contributed by atoms with van der Waals surface area (Å²) in [5.41, 5.74) is -0.0718. The number of nitrogens with one attached hydrogen (secondary N) is 1. The first kappa shape index (κ1) is 16.9. The second-order valence-electron chi connectivity index (χ2n) is 3.70. The molecule has 1 atom stereocenters. The number of carbonyl (C=O) groups is 1. The zero-order valence-corrected chi connectivity index (χ0v) is 11.3. The highest BCUT2D eigenvalue weighted by molar-refractivity contribution is 7.88. The molecule has 0 fully saturated rings. The second-order valence-corrected chi connectivity index (χ2v) is 6.42. The van der Waals surface area contributed by atoms with Crippen LogP contribution in [-0.2, 0) is 15.8 Å². The molecule has 0 aromatic carbocycles. The number of hydrogen-bond donors (Lipinski definition) is 2. The van der Waals surface area contributed by atoms with Crippen LogP contribution in [0.3, 0.4) is 0 Å². The van der Waals surface area contributed by atoms with E-state index in [9.17, 15) is 30.8 Å². The third kappa shape index (κ3) is 4.72. The molecule has 0 saturated heterocycles. The van der Waals surface area contributed by atoms with E-state index in [2.05, 4.69) is 0 Å². The fourth-order valence-corrected chi connectivity index (χ4v) is 3.21. The average Bonchev–Trinajstić information content (AvgIpc) is 2.72. The smallest absolute Gasteiger partial charge is 0.420 e. The summed E-state index contributed by atoms with van der Waals surface area (Å²) in [6, 6.07) is 1.23. The van der Waals surface area contributed by atoms with Gasteiger partial charge < -0.3 is 5.11 Å². The van der Waals surface area contributed by atoms with Crippen LogP contribution < -0.4 is 4.72 Å². The van der Waals surface area contributed by atoms with Crippen molar-refractivity contribution >= 4 is 27.3 Å². The Morgan fingerprint density at radius 1 is 1.45 bits per heavy atom. The zero-order valence-electron chi connectivity index (χ0n) is 9.65. The first-order chi connectivity index (χ1) is 9.03. The van der Waals surface area contributed by atoms with E-state index in [4.69, 9.17) is 5.11 Å². The molecule has 0 bridgehead atoms. The van der Waals surface area contributed by atoms with Crippen molar-refractivity contribution in [2.24, 2.45) is 0 Å². The van der Waals surface area contributed by atoms with Gasteiger partial charge >= 0.3 is 12.1 Å². The summed E-state index contributed by atoms with van der Waals surface area (Å²) in [4.78, 5) is 10.5.